The van der Waals surface area contributed by atoms with Gasteiger partial charge in [0.25, 0.3) is 0 Å². The van der Waals surface area contributed by atoms with E-state index in [2.05, 4.69) is 6.58 Å². The van der Waals surface area contributed by atoms with Gasteiger partial charge in [-0.05, 0) is 54.8 Å². The van der Waals surface area contributed by atoms with Gasteiger partial charge in [-0.15, -0.1) is 17.9 Å². The minimum Gasteiger partial charge on any atom is -0.488 e. The SMILES string of the molecule is C=CCC[C@H](O)CN(CCCOC)CC(=O)N1CCc2sccc2[C@@H]1COc1ccccc1F. The average Bonchev–Trinajstić information content (AvgIpc) is 3.31. The average molecular weight is 491 g/mol. The summed E-state index contributed by atoms with van der Waals surface area (Å²) in [6.45, 7) is 6.34. The van der Waals surface area contributed by atoms with Gasteiger partial charge < -0.3 is 19.5 Å². The number of halogens is 1. The molecule has 2 atom stereocenters. The smallest absolute Gasteiger partial charge is 0.237 e. The van der Waals surface area contributed by atoms with Crippen LogP contribution in [0, 0.1) is 5.82 Å². The van der Waals surface area contributed by atoms with Crippen molar-refractivity contribution in [3.8, 4) is 5.75 Å². The minimum atomic E-state index is -0.529. The Balaban J connectivity index is 1.70. The predicted octanol–water partition coefficient (Wildman–Crippen LogP) is 4.06. The number of rotatable bonds is 14. The Morgan fingerprint density at radius 1 is 1.41 bits per heavy atom. The van der Waals surface area contributed by atoms with E-state index < -0.39 is 11.9 Å². The first kappa shape index (κ1) is 26.3. The van der Waals surface area contributed by atoms with Crippen molar-refractivity contribution in [1.82, 2.24) is 9.80 Å². The molecule has 0 saturated heterocycles. The molecule has 3 rings (SSSR count). The molecule has 0 radical (unpaired) electrons. The van der Waals surface area contributed by atoms with Gasteiger partial charge in [-0.1, -0.05) is 18.2 Å². The number of hydrogen-bond donors (Lipinski definition) is 1. The fourth-order valence-electron chi connectivity index (χ4n) is 4.25. The van der Waals surface area contributed by atoms with Gasteiger partial charge in [-0.3, -0.25) is 9.69 Å². The van der Waals surface area contributed by atoms with Crippen molar-refractivity contribution in [3.05, 3.63) is 64.6 Å². The number of hydrogen-bond acceptors (Lipinski definition) is 6. The number of aliphatic hydroxyl groups is 1. The monoisotopic (exact) mass is 490 g/mol. The summed E-state index contributed by atoms with van der Waals surface area (Å²) in [6, 6.07) is 8.06. The molecule has 0 spiro atoms. The van der Waals surface area contributed by atoms with Crippen molar-refractivity contribution in [2.75, 3.05) is 46.5 Å². The predicted molar refractivity (Wildman–Crippen MR) is 133 cm³/mol. The number of carbonyl (C=O) groups is 1. The van der Waals surface area contributed by atoms with Crippen LogP contribution in [0.2, 0.25) is 0 Å². The molecular weight excluding hydrogens is 455 g/mol. The van der Waals surface area contributed by atoms with Crippen LogP contribution in [0.25, 0.3) is 0 Å². The Labute approximate surface area is 205 Å². The number of amides is 1. The van der Waals surface area contributed by atoms with E-state index in [1.807, 2.05) is 21.2 Å². The molecular formula is C26H35FN2O4S. The van der Waals surface area contributed by atoms with Gasteiger partial charge in [0, 0.05) is 38.2 Å². The number of thiophene rings is 1. The highest BCUT2D eigenvalue weighted by molar-refractivity contribution is 7.10. The Bertz CT molecular complexity index is 922. The zero-order valence-corrected chi connectivity index (χ0v) is 20.6. The first-order valence-corrected chi connectivity index (χ1v) is 12.6. The summed E-state index contributed by atoms with van der Waals surface area (Å²) in [6.07, 6.45) is 4.16. The van der Waals surface area contributed by atoms with Crippen LogP contribution in [0.3, 0.4) is 0 Å². The van der Waals surface area contributed by atoms with Crippen molar-refractivity contribution in [2.45, 2.75) is 37.8 Å². The number of allylic oxidation sites excluding steroid dienone is 1. The first-order valence-electron chi connectivity index (χ1n) is 11.8. The highest BCUT2D eigenvalue weighted by Crippen LogP contribution is 2.34. The topological polar surface area (TPSA) is 62.2 Å². The first-order chi connectivity index (χ1) is 16.5. The molecule has 2 aromatic rings. The van der Waals surface area contributed by atoms with Crippen molar-refractivity contribution in [1.29, 1.82) is 0 Å². The maximum atomic E-state index is 14.1. The van der Waals surface area contributed by atoms with E-state index in [1.54, 1.807) is 42.7 Å². The van der Waals surface area contributed by atoms with E-state index in [4.69, 9.17) is 9.47 Å². The molecule has 1 aliphatic heterocycles. The van der Waals surface area contributed by atoms with Crippen LogP contribution >= 0.6 is 11.3 Å². The summed E-state index contributed by atoms with van der Waals surface area (Å²) in [5.41, 5.74) is 1.07. The highest BCUT2D eigenvalue weighted by Gasteiger charge is 2.33. The lowest BCUT2D eigenvalue weighted by Crippen LogP contribution is -2.48. The van der Waals surface area contributed by atoms with Gasteiger partial charge in [-0.25, -0.2) is 4.39 Å². The fourth-order valence-corrected chi connectivity index (χ4v) is 5.18. The second kappa shape index (κ2) is 13.6. The number of ether oxygens (including phenoxy) is 2. The molecule has 0 saturated carbocycles. The molecule has 186 valence electrons. The lowest BCUT2D eigenvalue weighted by atomic mass is 10.0. The van der Waals surface area contributed by atoms with Gasteiger partial charge in [0.15, 0.2) is 11.6 Å². The standard InChI is InChI=1S/C26H35FN2O4S/c1-3-4-8-20(30)17-28(13-7-15-32-2)18-26(31)29-14-11-25-21(12-16-34-25)23(29)19-33-24-10-6-5-9-22(24)27/h3,5-6,9-10,12,16,20,23,30H,1,4,7-8,11,13-15,17-19H2,2H3/t20-,23-/m0/s1. The zero-order chi connectivity index (χ0) is 24.3. The van der Waals surface area contributed by atoms with Gasteiger partial charge in [-0.2, -0.15) is 0 Å². The summed E-state index contributed by atoms with van der Waals surface area (Å²) >= 11 is 1.68. The molecule has 0 unspecified atom stereocenters. The van der Waals surface area contributed by atoms with Gasteiger partial charge in [0.1, 0.15) is 6.61 Å². The van der Waals surface area contributed by atoms with Crippen LogP contribution < -0.4 is 4.74 Å². The second-order valence-corrected chi connectivity index (χ2v) is 9.50. The molecule has 0 aliphatic carbocycles. The van der Waals surface area contributed by atoms with Gasteiger partial charge >= 0.3 is 0 Å². The Kier molecular flexibility index (Phi) is 10.5. The molecule has 1 aromatic carbocycles. The lowest BCUT2D eigenvalue weighted by molar-refractivity contribution is -0.136. The van der Waals surface area contributed by atoms with Crippen LogP contribution in [0.4, 0.5) is 4.39 Å². The third kappa shape index (κ3) is 7.37. The number of para-hydroxylation sites is 1. The molecule has 1 N–H and O–H groups in total. The van der Waals surface area contributed by atoms with Crippen molar-refractivity contribution in [3.63, 3.8) is 0 Å². The quantitative estimate of drug-likeness (QED) is 0.320. The van der Waals surface area contributed by atoms with Crippen LogP contribution in [0.5, 0.6) is 5.75 Å². The van der Waals surface area contributed by atoms with Gasteiger partial charge in [0.05, 0.1) is 18.7 Å². The van der Waals surface area contributed by atoms with E-state index in [0.29, 0.717) is 32.7 Å². The second-order valence-electron chi connectivity index (χ2n) is 8.49. The van der Waals surface area contributed by atoms with Crippen LogP contribution in [0.1, 0.15) is 35.7 Å². The Morgan fingerprint density at radius 2 is 2.24 bits per heavy atom. The number of aliphatic hydroxyl groups excluding tert-OH is 1. The van der Waals surface area contributed by atoms with E-state index in [-0.39, 0.29) is 30.9 Å². The lowest BCUT2D eigenvalue weighted by Gasteiger charge is -2.37. The number of methoxy groups -OCH3 is 1. The van der Waals surface area contributed by atoms with Gasteiger partial charge in [0.2, 0.25) is 5.91 Å². The summed E-state index contributed by atoms with van der Waals surface area (Å²) in [5.74, 6) is -0.254. The number of benzene rings is 1. The molecule has 6 nitrogen and oxygen atoms in total. The van der Waals surface area contributed by atoms with E-state index >= 15 is 0 Å². The highest BCUT2D eigenvalue weighted by atomic mass is 32.1. The Hall–Kier alpha value is -2.26. The van der Waals surface area contributed by atoms with E-state index in [0.717, 1.165) is 24.8 Å². The molecule has 2 heterocycles. The Morgan fingerprint density at radius 3 is 3.00 bits per heavy atom. The van der Waals surface area contributed by atoms with E-state index in [1.165, 1.54) is 10.9 Å². The van der Waals surface area contributed by atoms with Crippen LogP contribution in [-0.4, -0.2) is 73.4 Å². The number of carbonyl (C=O) groups excluding carboxylic acids is 1. The molecule has 1 aromatic heterocycles. The minimum absolute atomic E-state index is 0.0210. The maximum Gasteiger partial charge on any atom is 0.237 e. The molecule has 0 bridgehead atoms. The van der Waals surface area contributed by atoms with Crippen LogP contribution in [-0.2, 0) is 16.0 Å². The zero-order valence-electron chi connectivity index (χ0n) is 19.8. The summed E-state index contributed by atoms with van der Waals surface area (Å²) < 4.78 is 25.1. The fraction of sp³-hybridized carbons (Fsp3) is 0.500. The van der Waals surface area contributed by atoms with E-state index in [9.17, 15) is 14.3 Å². The van der Waals surface area contributed by atoms with Crippen molar-refractivity contribution < 1.29 is 23.8 Å². The molecule has 1 amide bonds. The molecule has 34 heavy (non-hydrogen) atoms. The largest absolute Gasteiger partial charge is 0.488 e. The number of nitrogens with zero attached hydrogens (tertiary/aromatic N) is 2. The summed E-state index contributed by atoms with van der Waals surface area (Å²) in [4.78, 5) is 18.6. The van der Waals surface area contributed by atoms with Crippen molar-refractivity contribution in [2.24, 2.45) is 0 Å². The third-order valence-corrected chi connectivity index (χ3v) is 7.00. The van der Waals surface area contributed by atoms with Crippen molar-refractivity contribution >= 4 is 17.2 Å². The third-order valence-electron chi connectivity index (χ3n) is 6.00. The number of fused-ring (bicyclic) bond motifs is 1. The van der Waals surface area contributed by atoms with Crippen LogP contribution in [0.15, 0.2) is 48.4 Å². The molecule has 1 aliphatic rings. The maximum absolute atomic E-state index is 14.1. The molecule has 8 heteroatoms. The summed E-state index contributed by atoms with van der Waals surface area (Å²) in [7, 11) is 1.65. The summed E-state index contributed by atoms with van der Waals surface area (Å²) in [5, 5.41) is 12.5. The molecule has 0 fully saturated rings. The normalized spacial score (nSPS) is 16.4.